The van der Waals surface area contributed by atoms with E-state index in [0.29, 0.717) is 5.91 Å². The fourth-order valence-electron chi connectivity index (χ4n) is 2.95. The summed E-state index contributed by atoms with van der Waals surface area (Å²) in [4.78, 5) is 11.6. The summed E-state index contributed by atoms with van der Waals surface area (Å²) in [7, 11) is 0. The molecule has 0 aromatic heterocycles. The molecule has 1 heterocycles. The van der Waals surface area contributed by atoms with Crippen molar-refractivity contribution in [3.8, 4) is 0 Å². The lowest BCUT2D eigenvalue weighted by Crippen LogP contribution is -2.50. The van der Waals surface area contributed by atoms with Crippen molar-refractivity contribution in [2.75, 3.05) is 0 Å². The maximum Gasteiger partial charge on any atom is 0.220 e. The third kappa shape index (κ3) is 2.28. The molecular weight excluding hydrogens is 174 g/mol. The topological polar surface area (TPSA) is 29.1 Å². The number of amides is 1. The number of carbonyl (C=O) groups is 1. The molecule has 1 spiro atoms. The first-order valence-electron chi connectivity index (χ1n) is 6.12. The van der Waals surface area contributed by atoms with Crippen LogP contribution in [0.15, 0.2) is 0 Å². The third-order valence-corrected chi connectivity index (χ3v) is 3.77. The molecule has 2 nitrogen and oxygen atoms in total. The molecule has 80 valence electrons. The molecule has 0 unspecified atom stereocenters. The van der Waals surface area contributed by atoms with Crippen LogP contribution in [0, 0.1) is 0 Å². The largest absolute Gasteiger partial charge is 0.351 e. The van der Waals surface area contributed by atoms with E-state index in [0.717, 1.165) is 12.8 Å². The zero-order valence-electron chi connectivity index (χ0n) is 8.98. The summed E-state index contributed by atoms with van der Waals surface area (Å²) in [5, 5.41) is 3.30. The molecule has 1 saturated heterocycles. The van der Waals surface area contributed by atoms with Gasteiger partial charge in [-0.15, -0.1) is 0 Å². The van der Waals surface area contributed by atoms with Crippen molar-refractivity contribution in [2.24, 2.45) is 0 Å². The fourth-order valence-corrected chi connectivity index (χ4v) is 2.95. The van der Waals surface area contributed by atoms with Gasteiger partial charge >= 0.3 is 0 Å². The summed E-state index contributed by atoms with van der Waals surface area (Å²) < 4.78 is 0. The second-order valence-corrected chi connectivity index (χ2v) is 4.95. The maximum absolute atomic E-state index is 11.6. The standard InChI is InChI=1S/C12H21NO/c14-11-7-3-1-4-8-12(13-11)9-5-2-6-10-12/h1-10H2,(H,13,14). The maximum atomic E-state index is 11.6. The Morgan fingerprint density at radius 1 is 0.857 bits per heavy atom. The molecule has 1 N–H and O–H groups in total. The van der Waals surface area contributed by atoms with Crippen molar-refractivity contribution >= 4 is 5.91 Å². The summed E-state index contributed by atoms with van der Waals surface area (Å²) in [5.74, 6) is 0.298. The smallest absolute Gasteiger partial charge is 0.220 e. The molecule has 1 saturated carbocycles. The zero-order valence-corrected chi connectivity index (χ0v) is 8.98. The summed E-state index contributed by atoms with van der Waals surface area (Å²) in [5.41, 5.74) is 0.204. The van der Waals surface area contributed by atoms with E-state index in [1.54, 1.807) is 0 Å². The highest BCUT2D eigenvalue weighted by atomic mass is 16.1. The van der Waals surface area contributed by atoms with E-state index in [1.807, 2.05) is 0 Å². The van der Waals surface area contributed by atoms with Crippen molar-refractivity contribution in [3.63, 3.8) is 0 Å². The highest BCUT2D eigenvalue weighted by Crippen LogP contribution is 2.33. The lowest BCUT2D eigenvalue weighted by Gasteiger charge is -2.39. The van der Waals surface area contributed by atoms with Gasteiger partial charge in [-0.25, -0.2) is 0 Å². The van der Waals surface area contributed by atoms with Crippen LogP contribution in [-0.2, 0) is 4.79 Å². The van der Waals surface area contributed by atoms with Gasteiger partial charge < -0.3 is 5.32 Å². The average Bonchev–Trinajstić information content (AvgIpc) is 2.16. The Bertz CT molecular complexity index is 206. The van der Waals surface area contributed by atoms with E-state index in [1.165, 1.54) is 51.4 Å². The highest BCUT2D eigenvalue weighted by Gasteiger charge is 2.33. The van der Waals surface area contributed by atoms with Gasteiger partial charge in [0.25, 0.3) is 0 Å². The highest BCUT2D eigenvalue weighted by molar-refractivity contribution is 5.76. The number of hydrogen-bond donors (Lipinski definition) is 1. The molecule has 2 rings (SSSR count). The van der Waals surface area contributed by atoms with Crippen LogP contribution in [0.1, 0.15) is 64.2 Å². The molecule has 0 atom stereocenters. The number of nitrogens with one attached hydrogen (secondary N) is 1. The Labute approximate surface area is 86.5 Å². The summed E-state index contributed by atoms with van der Waals surface area (Å²) in [6.07, 6.45) is 12.0. The van der Waals surface area contributed by atoms with E-state index in [2.05, 4.69) is 5.32 Å². The molecular formula is C12H21NO. The lowest BCUT2D eigenvalue weighted by molar-refractivity contribution is -0.124. The van der Waals surface area contributed by atoms with Gasteiger partial charge in [-0.3, -0.25) is 4.79 Å². The van der Waals surface area contributed by atoms with Crippen molar-refractivity contribution in [1.82, 2.24) is 5.32 Å². The van der Waals surface area contributed by atoms with Gasteiger partial charge in [-0.2, -0.15) is 0 Å². The molecule has 0 aromatic carbocycles. The lowest BCUT2D eigenvalue weighted by atomic mass is 9.77. The third-order valence-electron chi connectivity index (χ3n) is 3.77. The van der Waals surface area contributed by atoms with E-state index in [4.69, 9.17) is 0 Å². The second kappa shape index (κ2) is 4.33. The predicted molar refractivity (Wildman–Crippen MR) is 57.0 cm³/mol. The van der Waals surface area contributed by atoms with E-state index in [9.17, 15) is 4.79 Å². The average molecular weight is 195 g/mol. The summed E-state index contributed by atoms with van der Waals surface area (Å²) in [6, 6.07) is 0. The van der Waals surface area contributed by atoms with Gasteiger partial charge in [0.15, 0.2) is 0 Å². The van der Waals surface area contributed by atoms with Crippen LogP contribution in [0.5, 0.6) is 0 Å². The fraction of sp³-hybridized carbons (Fsp3) is 0.917. The SMILES string of the molecule is O=C1CCCCCC2(CCCCC2)N1. The predicted octanol–water partition coefficient (Wildman–Crippen LogP) is 2.77. The minimum Gasteiger partial charge on any atom is -0.351 e. The van der Waals surface area contributed by atoms with Crippen molar-refractivity contribution in [1.29, 1.82) is 0 Å². The van der Waals surface area contributed by atoms with Gasteiger partial charge in [0.1, 0.15) is 0 Å². The molecule has 2 aliphatic rings. The van der Waals surface area contributed by atoms with E-state index >= 15 is 0 Å². The monoisotopic (exact) mass is 195 g/mol. The summed E-state index contributed by atoms with van der Waals surface area (Å²) in [6.45, 7) is 0. The molecule has 0 bridgehead atoms. The Hall–Kier alpha value is -0.530. The zero-order chi connectivity index (χ0) is 9.86. The van der Waals surface area contributed by atoms with Crippen molar-refractivity contribution in [2.45, 2.75) is 69.7 Å². The first-order valence-corrected chi connectivity index (χ1v) is 6.12. The Morgan fingerprint density at radius 2 is 1.43 bits per heavy atom. The van der Waals surface area contributed by atoms with Crippen LogP contribution < -0.4 is 5.32 Å². The number of rotatable bonds is 0. The molecule has 14 heavy (non-hydrogen) atoms. The molecule has 0 radical (unpaired) electrons. The van der Waals surface area contributed by atoms with Gasteiger partial charge in [-0.1, -0.05) is 32.1 Å². The van der Waals surface area contributed by atoms with Crippen molar-refractivity contribution < 1.29 is 4.79 Å². The minimum atomic E-state index is 0.204. The van der Waals surface area contributed by atoms with E-state index in [-0.39, 0.29) is 5.54 Å². The van der Waals surface area contributed by atoms with E-state index < -0.39 is 0 Å². The van der Waals surface area contributed by atoms with Gasteiger partial charge in [-0.05, 0) is 25.7 Å². The molecule has 1 amide bonds. The first kappa shape index (κ1) is 10.0. The van der Waals surface area contributed by atoms with Crippen LogP contribution in [0.4, 0.5) is 0 Å². The van der Waals surface area contributed by atoms with Crippen LogP contribution in [0.25, 0.3) is 0 Å². The molecule has 2 heteroatoms. The van der Waals surface area contributed by atoms with Crippen LogP contribution in [-0.4, -0.2) is 11.4 Å². The second-order valence-electron chi connectivity index (χ2n) is 4.95. The van der Waals surface area contributed by atoms with Crippen LogP contribution in [0.2, 0.25) is 0 Å². The van der Waals surface area contributed by atoms with Gasteiger partial charge in [0.05, 0.1) is 0 Å². The normalized spacial score (nSPS) is 27.9. The van der Waals surface area contributed by atoms with Crippen LogP contribution in [0.3, 0.4) is 0 Å². The number of carbonyl (C=O) groups excluding carboxylic acids is 1. The quantitative estimate of drug-likeness (QED) is 0.632. The molecule has 1 aliphatic carbocycles. The Balaban J connectivity index is 2.01. The molecule has 0 aromatic rings. The summed E-state index contributed by atoms with van der Waals surface area (Å²) >= 11 is 0. The van der Waals surface area contributed by atoms with Gasteiger partial charge in [0, 0.05) is 12.0 Å². The number of hydrogen-bond acceptors (Lipinski definition) is 1. The molecule has 1 aliphatic heterocycles. The minimum absolute atomic E-state index is 0.204. The van der Waals surface area contributed by atoms with Gasteiger partial charge in [0.2, 0.25) is 5.91 Å². The first-order chi connectivity index (χ1) is 6.81. The Kier molecular flexibility index (Phi) is 3.09. The molecule has 2 fully saturated rings. The Morgan fingerprint density at radius 3 is 2.07 bits per heavy atom. The van der Waals surface area contributed by atoms with Crippen molar-refractivity contribution in [3.05, 3.63) is 0 Å². The van der Waals surface area contributed by atoms with Crippen LogP contribution >= 0.6 is 0 Å².